The van der Waals surface area contributed by atoms with Crippen LogP contribution in [0, 0.1) is 0 Å². The summed E-state index contributed by atoms with van der Waals surface area (Å²) in [6.45, 7) is 1.01. The SMILES string of the molecule is COc1cnn(C)c1C(O)c1cc(Br)c2c(c1)OCCO2. The second-order valence-electron chi connectivity index (χ2n) is 4.65. The summed E-state index contributed by atoms with van der Waals surface area (Å²) in [6.07, 6.45) is 0.700. The predicted molar refractivity (Wildman–Crippen MR) is 79.0 cm³/mol. The van der Waals surface area contributed by atoms with Crippen LogP contribution in [0.1, 0.15) is 17.4 Å². The van der Waals surface area contributed by atoms with Gasteiger partial charge in [0.1, 0.15) is 25.0 Å². The fourth-order valence-corrected chi connectivity index (χ4v) is 2.92. The van der Waals surface area contributed by atoms with E-state index in [9.17, 15) is 5.11 Å². The van der Waals surface area contributed by atoms with Gasteiger partial charge in [0.15, 0.2) is 17.2 Å². The Bertz CT molecular complexity index is 671. The van der Waals surface area contributed by atoms with Gasteiger partial charge in [-0.2, -0.15) is 5.10 Å². The summed E-state index contributed by atoms with van der Waals surface area (Å²) >= 11 is 3.45. The van der Waals surface area contributed by atoms with Crippen LogP contribution in [0.3, 0.4) is 0 Å². The maximum absolute atomic E-state index is 10.6. The monoisotopic (exact) mass is 354 g/mol. The van der Waals surface area contributed by atoms with Gasteiger partial charge in [-0.25, -0.2) is 0 Å². The van der Waals surface area contributed by atoms with E-state index in [1.165, 1.54) is 0 Å². The highest BCUT2D eigenvalue weighted by molar-refractivity contribution is 9.10. The van der Waals surface area contributed by atoms with E-state index in [1.807, 2.05) is 6.07 Å². The number of ether oxygens (including phenoxy) is 3. The number of benzene rings is 1. The van der Waals surface area contributed by atoms with Gasteiger partial charge in [0, 0.05) is 7.05 Å². The second-order valence-corrected chi connectivity index (χ2v) is 5.51. The number of aliphatic hydroxyl groups is 1. The zero-order valence-electron chi connectivity index (χ0n) is 11.7. The quantitative estimate of drug-likeness (QED) is 0.913. The van der Waals surface area contributed by atoms with Crippen LogP contribution in [-0.2, 0) is 7.05 Å². The van der Waals surface area contributed by atoms with Crippen molar-refractivity contribution in [2.45, 2.75) is 6.10 Å². The Kier molecular flexibility index (Phi) is 3.77. The van der Waals surface area contributed by atoms with Gasteiger partial charge in [-0.1, -0.05) is 0 Å². The minimum Gasteiger partial charge on any atom is -0.493 e. The second kappa shape index (κ2) is 5.57. The van der Waals surface area contributed by atoms with Gasteiger partial charge >= 0.3 is 0 Å². The third-order valence-corrected chi connectivity index (χ3v) is 3.95. The van der Waals surface area contributed by atoms with Crippen LogP contribution >= 0.6 is 15.9 Å². The zero-order chi connectivity index (χ0) is 15.0. The molecule has 0 aliphatic carbocycles. The largest absolute Gasteiger partial charge is 0.493 e. The lowest BCUT2D eigenvalue weighted by Gasteiger charge is -2.22. The number of aliphatic hydroxyl groups excluding tert-OH is 1. The Morgan fingerprint density at radius 3 is 2.90 bits per heavy atom. The summed E-state index contributed by atoms with van der Waals surface area (Å²) in [7, 11) is 3.31. The fraction of sp³-hybridized carbons (Fsp3) is 0.357. The van der Waals surface area contributed by atoms with Crippen LogP contribution in [-0.4, -0.2) is 35.2 Å². The molecule has 6 nitrogen and oxygen atoms in total. The Morgan fingerprint density at radius 2 is 2.14 bits per heavy atom. The van der Waals surface area contributed by atoms with Gasteiger partial charge < -0.3 is 19.3 Å². The summed E-state index contributed by atoms with van der Waals surface area (Å²) in [6, 6.07) is 3.58. The van der Waals surface area contributed by atoms with E-state index in [0.29, 0.717) is 41.7 Å². The molecule has 1 aromatic heterocycles. The first-order valence-corrected chi connectivity index (χ1v) is 7.24. The molecule has 2 aromatic rings. The summed E-state index contributed by atoms with van der Waals surface area (Å²) in [5, 5.41) is 14.7. The van der Waals surface area contributed by atoms with E-state index in [2.05, 4.69) is 21.0 Å². The van der Waals surface area contributed by atoms with E-state index in [0.717, 1.165) is 4.47 Å². The Morgan fingerprint density at radius 1 is 1.38 bits per heavy atom. The van der Waals surface area contributed by atoms with Crippen molar-refractivity contribution >= 4 is 15.9 Å². The highest BCUT2D eigenvalue weighted by Crippen LogP contribution is 2.41. The van der Waals surface area contributed by atoms with Gasteiger partial charge in [0.05, 0.1) is 17.8 Å². The number of hydrogen-bond donors (Lipinski definition) is 1. The molecule has 0 saturated carbocycles. The molecule has 3 rings (SSSR count). The van der Waals surface area contributed by atoms with Crippen molar-refractivity contribution in [3.05, 3.63) is 34.1 Å². The maximum atomic E-state index is 10.6. The molecule has 0 radical (unpaired) electrons. The van der Waals surface area contributed by atoms with Crippen LogP contribution in [0.15, 0.2) is 22.8 Å². The highest BCUT2D eigenvalue weighted by Gasteiger charge is 2.24. The van der Waals surface area contributed by atoms with E-state index in [1.54, 1.807) is 31.1 Å². The molecule has 1 aliphatic rings. The molecule has 0 saturated heterocycles. The minimum absolute atomic E-state index is 0.494. The average molecular weight is 355 g/mol. The molecule has 21 heavy (non-hydrogen) atoms. The molecule has 1 aromatic carbocycles. The van der Waals surface area contributed by atoms with Crippen molar-refractivity contribution in [2.24, 2.45) is 7.05 Å². The van der Waals surface area contributed by atoms with E-state index in [-0.39, 0.29) is 0 Å². The lowest BCUT2D eigenvalue weighted by Crippen LogP contribution is -2.16. The molecule has 1 N–H and O–H groups in total. The predicted octanol–water partition coefficient (Wildman–Crippen LogP) is 2.04. The number of aromatic nitrogens is 2. The van der Waals surface area contributed by atoms with Crippen molar-refractivity contribution in [3.8, 4) is 17.2 Å². The number of methoxy groups -OCH3 is 1. The average Bonchev–Trinajstić information content (AvgIpc) is 2.87. The molecule has 0 fully saturated rings. The van der Waals surface area contributed by atoms with Crippen molar-refractivity contribution < 1.29 is 19.3 Å². The fourth-order valence-electron chi connectivity index (χ4n) is 2.34. The van der Waals surface area contributed by atoms with Crippen molar-refractivity contribution in [1.82, 2.24) is 9.78 Å². The van der Waals surface area contributed by atoms with Crippen molar-refractivity contribution in [3.63, 3.8) is 0 Å². The first-order valence-electron chi connectivity index (χ1n) is 6.44. The smallest absolute Gasteiger partial charge is 0.175 e. The Hall–Kier alpha value is -1.73. The number of rotatable bonds is 3. The molecule has 1 atom stereocenters. The molecule has 2 heterocycles. The third kappa shape index (κ3) is 2.47. The number of fused-ring (bicyclic) bond motifs is 1. The van der Waals surface area contributed by atoms with Gasteiger partial charge in [-0.05, 0) is 33.6 Å². The third-order valence-electron chi connectivity index (χ3n) is 3.36. The highest BCUT2D eigenvalue weighted by atomic mass is 79.9. The molecule has 0 bridgehead atoms. The molecule has 0 spiro atoms. The number of aryl methyl sites for hydroxylation is 1. The van der Waals surface area contributed by atoms with Crippen LogP contribution in [0.5, 0.6) is 17.2 Å². The molecule has 1 aliphatic heterocycles. The van der Waals surface area contributed by atoms with E-state index >= 15 is 0 Å². The first kappa shape index (κ1) is 14.2. The van der Waals surface area contributed by atoms with Crippen LogP contribution in [0.4, 0.5) is 0 Å². The van der Waals surface area contributed by atoms with Gasteiger partial charge in [0.25, 0.3) is 0 Å². The number of halogens is 1. The van der Waals surface area contributed by atoms with Crippen molar-refractivity contribution in [2.75, 3.05) is 20.3 Å². The van der Waals surface area contributed by atoms with Crippen LogP contribution < -0.4 is 14.2 Å². The summed E-state index contributed by atoms with van der Waals surface area (Å²) in [5.74, 6) is 1.82. The molecule has 7 heteroatoms. The van der Waals surface area contributed by atoms with Crippen LogP contribution in [0.25, 0.3) is 0 Å². The standard InChI is InChI=1S/C14H15BrN2O4/c1-17-12(11(19-2)7-16-17)13(18)8-5-9(15)14-10(6-8)20-3-4-21-14/h5-7,13,18H,3-4H2,1-2H3. The number of nitrogens with zero attached hydrogens (tertiary/aromatic N) is 2. The molecule has 1 unspecified atom stereocenters. The minimum atomic E-state index is -0.875. The lowest BCUT2D eigenvalue weighted by atomic mass is 10.1. The van der Waals surface area contributed by atoms with Gasteiger partial charge in [-0.3, -0.25) is 4.68 Å². The Labute approximate surface area is 130 Å². The number of hydrogen-bond acceptors (Lipinski definition) is 5. The first-order chi connectivity index (χ1) is 10.1. The van der Waals surface area contributed by atoms with Gasteiger partial charge in [-0.15, -0.1) is 0 Å². The topological polar surface area (TPSA) is 65.7 Å². The Balaban J connectivity index is 2.04. The van der Waals surface area contributed by atoms with Crippen LogP contribution in [0.2, 0.25) is 0 Å². The molecular formula is C14H15BrN2O4. The summed E-state index contributed by atoms with van der Waals surface area (Å²) in [4.78, 5) is 0. The van der Waals surface area contributed by atoms with E-state index < -0.39 is 6.10 Å². The van der Waals surface area contributed by atoms with Gasteiger partial charge in [0.2, 0.25) is 0 Å². The maximum Gasteiger partial charge on any atom is 0.175 e. The molecule has 112 valence electrons. The van der Waals surface area contributed by atoms with Crippen molar-refractivity contribution in [1.29, 1.82) is 0 Å². The lowest BCUT2D eigenvalue weighted by molar-refractivity contribution is 0.167. The molecular weight excluding hydrogens is 340 g/mol. The summed E-state index contributed by atoms with van der Waals surface area (Å²) in [5.41, 5.74) is 1.26. The summed E-state index contributed by atoms with van der Waals surface area (Å²) < 4.78 is 18.7. The normalized spacial score (nSPS) is 14.9. The van der Waals surface area contributed by atoms with E-state index in [4.69, 9.17) is 14.2 Å². The zero-order valence-corrected chi connectivity index (χ0v) is 13.3. The molecule has 0 amide bonds.